The first-order chi connectivity index (χ1) is 28.8. The molecule has 270 valence electrons. The molecule has 3 heteroatoms. The molecular formula is C55H34N2O. The maximum atomic E-state index is 6.64. The average Bonchev–Trinajstić information content (AvgIpc) is 4.04. The topological polar surface area (TPSA) is 20.8 Å². The molecule has 0 radical (unpaired) electrons. The van der Waals surface area contributed by atoms with Crippen LogP contribution in [-0.2, 0) is 6.42 Å². The number of anilines is 3. The van der Waals surface area contributed by atoms with Crippen LogP contribution >= 0.6 is 0 Å². The molecule has 0 N–H and O–H groups in total. The highest BCUT2D eigenvalue weighted by Crippen LogP contribution is 2.47. The molecule has 3 heterocycles. The molecule has 0 spiro atoms. The average molecular weight is 739 g/mol. The molecule has 0 saturated carbocycles. The Bertz CT molecular complexity index is 3590. The lowest BCUT2D eigenvalue weighted by atomic mass is 9.97. The zero-order valence-corrected chi connectivity index (χ0v) is 31.5. The summed E-state index contributed by atoms with van der Waals surface area (Å²) in [5.74, 6) is 0. The summed E-state index contributed by atoms with van der Waals surface area (Å²) in [5, 5.41) is 7.47. The maximum Gasteiger partial charge on any atom is 0.159 e. The lowest BCUT2D eigenvalue weighted by Gasteiger charge is -2.26. The van der Waals surface area contributed by atoms with Crippen LogP contribution in [0.5, 0.6) is 0 Å². The van der Waals surface area contributed by atoms with E-state index in [1.54, 1.807) is 0 Å². The second kappa shape index (κ2) is 11.9. The molecule has 0 unspecified atom stereocenters. The fourth-order valence-electron chi connectivity index (χ4n) is 9.98. The summed E-state index contributed by atoms with van der Waals surface area (Å²) < 4.78 is 9.15. The molecule has 0 amide bonds. The zero-order chi connectivity index (χ0) is 37.9. The van der Waals surface area contributed by atoms with Gasteiger partial charge in [-0.2, -0.15) is 0 Å². The van der Waals surface area contributed by atoms with Gasteiger partial charge >= 0.3 is 0 Å². The van der Waals surface area contributed by atoms with Gasteiger partial charge in [0.1, 0.15) is 5.58 Å². The van der Waals surface area contributed by atoms with E-state index >= 15 is 0 Å². The number of furan rings is 1. The number of para-hydroxylation sites is 5. The van der Waals surface area contributed by atoms with Crippen molar-refractivity contribution in [2.45, 2.75) is 6.42 Å². The van der Waals surface area contributed by atoms with Crippen molar-refractivity contribution in [2.75, 3.05) is 4.90 Å². The number of rotatable bonds is 5. The Morgan fingerprint density at radius 3 is 1.86 bits per heavy atom. The van der Waals surface area contributed by atoms with E-state index < -0.39 is 0 Å². The molecule has 0 aliphatic heterocycles. The van der Waals surface area contributed by atoms with E-state index in [4.69, 9.17) is 4.42 Å². The molecule has 9 aromatic carbocycles. The van der Waals surface area contributed by atoms with Crippen molar-refractivity contribution in [3.05, 3.63) is 205 Å². The second-order valence-electron chi connectivity index (χ2n) is 15.6. The Kier molecular flexibility index (Phi) is 6.50. The van der Waals surface area contributed by atoms with E-state index in [0.717, 1.165) is 45.4 Å². The quantitative estimate of drug-likeness (QED) is 0.175. The summed E-state index contributed by atoms with van der Waals surface area (Å²) in [4.78, 5) is 2.36. The Morgan fingerprint density at radius 1 is 0.397 bits per heavy atom. The number of fused-ring (bicyclic) bond motifs is 12. The van der Waals surface area contributed by atoms with Gasteiger partial charge in [-0.15, -0.1) is 0 Å². The third-order valence-electron chi connectivity index (χ3n) is 12.5. The summed E-state index contributed by atoms with van der Waals surface area (Å²) in [6, 6.07) is 70.8. The Balaban J connectivity index is 0.939. The van der Waals surface area contributed by atoms with Crippen molar-refractivity contribution < 1.29 is 4.42 Å². The van der Waals surface area contributed by atoms with Gasteiger partial charge in [0.2, 0.25) is 0 Å². The predicted molar refractivity (Wildman–Crippen MR) is 242 cm³/mol. The first kappa shape index (κ1) is 31.6. The van der Waals surface area contributed by atoms with E-state index in [-0.39, 0.29) is 0 Å². The molecule has 0 fully saturated rings. The molecule has 0 atom stereocenters. The minimum absolute atomic E-state index is 0.869. The highest BCUT2D eigenvalue weighted by Gasteiger charge is 2.25. The van der Waals surface area contributed by atoms with Gasteiger partial charge in [-0.3, -0.25) is 0 Å². The third kappa shape index (κ3) is 4.44. The van der Waals surface area contributed by atoms with E-state index in [1.165, 1.54) is 82.6 Å². The lowest BCUT2D eigenvalue weighted by Crippen LogP contribution is -2.10. The van der Waals surface area contributed by atoms with Crippen LogP contribution in [0.3, 0.4) is 0 Å². The van der Waals surface area contributed by atoms with Gasteiger partial charge in [0.15, 0.2) is 5.58 Å². The van der Waals surface area contributed by atoms with Crippen LogP contribution in [0.1, 0.15) is 11.1 Å². The highest BCUT2D eigenvalue weighted by molar-refractivity contribution is 6.25. The number of benzene rings is 9. The summed E-state index contributed by atoms with van der Waals surface area (Å²) in [7, 11) is 0. The fourth-order valence-corrected chi connectivity index (χ4v) is 9.98. The molecule has 1 aliphatic rings. The highest BCUT2D eigenvalue weighted by atomic mass is 16.3. The van der Waals surface area contributed by atoms with Crippen LogP contribution in [0.15, 0.2) is 199 Å². The van der Waals surface area contributed by atoms with Gasteiger partial charge in [0, 0.05) is 49.3 Å². The summed E-state index contributed by atoms with van der Waals surface area (Å²) >= 11 is 0. The van der Waals surface area contributed by atoms with E-state index in [1.807, 2.05) is 6.07 Å². The number of aromatic nitrogens is 1. The Labute approximate surface area is 334 Å². The van der Waals surface area contributed by atoms with Crippen LogP contribution < -0.4 is 4.90 Å². The van der Waals surface area contributed by atoms with Crippen LogP contribution in [0.4, 0.5) is 17.1 Å². The normalized spacial score (nSPS) is 12.4. The van der Waals surface area contributed by atoms with Gasteiger partial charge in [-0.05, 0) is 87.8 Å². The molecule has 0 saturated heterocycles. The zero-order valence-electron chi connectivity index (χ0n) is 31.5. The van der Waals surface area contributed by atoms with Crippen LogP contribution in [0, 0.1) is 0 Å². The molecule has 3 aromatic heterocycles. The first-order valence-electron chi connectivity index (χ1n) is 20.1. The Hall–Kier alpha value is -7.62. The molecule has 0 bridgehead atoms. The fraction of sp³-hybridized carbons (Fsp3) is 0.0182. The monoisotopic (exact) mass is 738 g/mol. The van der Waals surface area contributed by atoms with Crippen molar-refractivity contribution in [1.82, 2.24) is 4.40 Å². The lowest BCUT2D eigenvalue weighted by molar-refractivity contribution is 0.669. The number of hydrogen-bond donors (Lipinski definition) is 0. The molecular weight excluding hydrogens is 705 g/mol. The summed E-state index contributed by atoms with van der Waals surface area (Å²) in [5.41, 5.74) is 19.0. The second-order valence-corrected chi connectivity index (χ2v) is 15.6. The van der Waals surface area contributed by atoms with Gasteiger partial charge in [-0.25, -0.2) is 0 Å². The van der Waals surface area contributed by atoms with Gasteiger partial charge in [-0.1, -0.05) is 152 Å². The van der Waals surface area contributed by atoms with Crippen molar-refractivity contribution in [3.63, 3.8) is 0 Å². The summed E-state index contributed by atoms with van der Waals surface area (Å²) in [6.07, 6.45) is 0.869. The van der Waals surface area contributed by atoms with Crippen LogP contribution in [0.25, 0.3) is 93.4 Å². The molecule has 3 nitrogen and oxygen atoms in total. The molecule has 12 aromatic rings. The molecule has 13 rings (SSSR count). The third-order valence-corrected chi connectivity index (χ3v) is 12.5. The number of hydrogen-bond acceptors (Lipinski definition) is 2. The van der Waals surface area contributed by atoms with E-state index in [9.17, 15) is 0 Å². The molecule has 58 heavy (non-hydrogen) atoms. The standard InChI is InChI=1S/C55H34N2O/c1-2-11-34(12-3-1)35-23-26-39(27-24-35)56(51-21-10-19-49-45-14-5-7-22-52(45)58-55(49)51)40-28-30-42-38(33-40)32-37-31-36(25-29-41(37)42)43-15-8-17-47-48-18-9-16-46-44-13-4-6-20-50(44)57(53(43)47)54(46)48/h1-31,33H,32H2. The minimum Gasteiger partial charge on any atom is -0.454 e. The van der Waals surface area contributed by atoms with Gasteiger partial charge < -0.3 is 13.7 Å². The van der Waals surface area contributed by atoms with Gasteiger partial charge in [0.05, 0.1) is 22.2 Å². The van der Waals surface area contributed by atoms with Crippen LogP contribution in [0.2, 0.25) is 0 Å². The van der Waals surface area contributed by atoms with E-state index in [0.29, 0.717) is 0 Å². The van der Waals surface area contributed by atoms with Crippen molar-refractivity contribution in [1.29, 1.82) is 0 Å². The van der Waals surface area contributed by atoms with Crippen molar-refractivity contribution in [2.24, 2.45) is 0 Å². The maximum absolute atomic E-state index is 6.64. The van der Waals surface area contributed by atoms with E-state index in [2.05, 4.69) is 197 Å². The largest absolute Gasteiger partial charge is 0.454 e. The molecule has 1 aliphatic carbocycles. The van der Waals surface area contributed by atoms with Gasteiger partial charge in [0.25, 0.3) is 0 Å². The minimum atomic E-state index is 0.869. The summed E-state index contributed by atoms with van der Waals surface area (Å²) in [6.45, 7) is 0. The Morgan fingerprint density at radius 2 is 1.00 bits per heavy atom. The SMILES string of the molecule is c1ccc(-c2ccc(N(c3ccc4c(c3)Cc3cc(-c5cccc6c7cccc8c9ccccc9n(c56)c87)ccc3-4)c3cccc4c3oc3ccccc34)cc2)cc1. The van der Waals surface area contributed by atoms with Crippen molar-refractivity contribution in [3.8, 4) is 33.4 Å². The smallest absolute Gasteiger partial charge is 0.159 e. The first-order valence-corrected chi connectivity index (χ1v) is 20.1. The number of nitrogens with zero attached hydrogens (tertiary/aromatic N) is 2. The van der Waals surface area contributed by atoms with Crippen LogP contribution in [-0.4, -0.2) is 4.40 Å². The predicted octanol–water partition coefficient (Wildman–Crippen LogP) is 15.1. The van der Waals surface area contributed by atoms with Crippen molar-refractivity contribution >= 4 is 77.1 Å².